The lowest BCUT2D eigenvalue weighted by Crippen LogP contribution is -2.47. The van der Waals surface area contributed by atoms with Crippen molar-refractivity contribution in [3.63, 3.8) is 0 Å². The van der Waals surface area contributed by atoms with E-state index in [2.05, 4.69) is 37.9 Å². The zero-order valence-electron chi connectivity index (χ0n) is 13.9. The molecule has 4 heteroatoms. The molecule has 21 heavy (non-hydrogen) atoms. The Bertz CT molecular complexity index is 457. The number of hydrogen-bond acceptors (Lipinski definition) is 3. The summed E-state index contributed by atoms with van der Waals surface area (Å²) in [4.78, 5) is 14.7. The molecule has 0 spiro atoms. The molecule has 0 heterocycles. The number of nitrogens with one attached hydrogen (secondary N) is 1. The van der Waals surface area contributed by atoms with E-state index in [-0.39, 0.29) is 11.9 Å². The van der Waals surface area contributed by atoms with Gasteiger partial charge in [-0.2, -0.15) is 0 Å². The van der Waals surface area contributed by atoms with E-state index >= 15 is 0 Å². The minimum atomic E-state index is -0.168. The monoisotopic (exact) mass is 291 g/mol. The van der Waals surface area contributed by atoms with Crippen molar-refractivity contribution in [3.05, 3.63) is 29.8 Å². The molecular weight excluding hydrogens is 262 g/mol. The molecule has 0 aliphatic carbocycles. The number of anilines is 1. The molecule has 1 rings (SSSR count). The number of carbonyl (C=O) groups is 1. The van der Waals surface area contributed by atoms with Crippen LogP contribution in [0.5, 0.6) is 0 Å². The fourth-order valence-corrected chi connectivity index (χ4v) is 2.45. The fraction of sp³-hybridized carbons (Fsp3) is 0.588. The zero-order chi connectivity index (χ0) is 16.0. The summed E-state index contributed by atoms with van der Waals surface area (Å²) in [7, 11) is 0. The molecule has 0 bridgehead atoms. The maximum Gasteiger partial charge on any atom is 0.241 e. The highest BCUT2D eigenvalue weighted by atomic mass is 16.2. The number of amides is 1. The minimum Gasteiger partial charge on any atom is -0.326 e. The van der Waals surface area contributed by atoms with E-state index in [1.54, 1.807) is 0 Å². The highest BCUT2D eigenvalue weighted by Gasteiger charge is 2.24. The molecule has 0 saturated heterocycles. The largest absolute Gasteiger partial charge is 0.326 e. The third-order valence-corrected chi connectivity index (χ3v) is 3.61. The van der Waals surface area contributed by atoms with E-state index in [0.29, 0.717) is 18.5 Å². The predicted molar refractivity (Wildman–Crippen MR) is 89.1 cm³/mol. The predicted octanol–water partition coefficient (Wildman–Crippen LogP) is 2.84. The smallest absolute Gasteiger partial charge is 0.241 e. The zero-order valence-corrected chi connectivity index (χ0v) is 13.9. The third-order valence-electron chi connectivity index (χ3n) is 3.61. The van der Waals surface area contributed by atoms with Crippen LogP contribution in [0.4, 0.5) is 5.69 Å². The second-order valence-electron chi connectivity index (χ2n) is 6.21. The first kappa shape index (κ1) is 17.7. The van der Waals surface area contributed by atoms with Crippen molar-refractivity contribution < 1.29 is 4.79 Å². The standard InChI is InChI=1S/C17H29N3O/c1-12(2)11-20(13(3)4)14(5)17(21)19-16-9-7-6-8-15(16)10-18/h6-9,12-14H,10-11,18H2,1-5H3,(H,19,21). The van der Waals surface area contributed by atoms with Crippen LogP contribution in [0.2, 0.25) is 0 Å². The van der Waals surface area contributed by atoms with E-state index in [0.717, 1.165) is 17.8 Å². The van der Waals surface area contributed by atoms with Crippen molar-refractivity contribution in [3.8, 4) is 0 Å². The summed E-state index contributed by atoms with van der Waals surface area (Å²) in [5.74, 6) is 0.546. The molecule has 0 fully saturated rings. The van der Waals surface area contributed by atoms with Crippen LogP contribution < -0.4 is 11.1 Å². The van der Waals surface area contributed by atoms with Gasteiger partial charge in [0.1, 0.15) is 0 Å². The molecule has 1 unspecified atom stereocenters. The quantitative estimate of drug-likeness (QED) is 0.812. The minimum absolute atomic E-state index is 0.0188. The van der Waals surface area contributed by atoms with E-state index < -0.39 is 0 Å². The lowest BCUT2D eigenvalue weighted by molar-refractivity contribution is -0.121. The van der Waals surface area contributed by atoms with Gasteiger partial charge in [-0.25, -0.2) is 0 Å². The molecule has 1 aromatic carbocycles. The van der Waals surface area contributed by atoms with Crippen LogP contribution >= 0.6 is 0 Å². The van der Waals surface area contributed by atoms with Gasteiger partial charge in [-0.1, -0.05) is 32.0 Å². The lowest BCUT2D eigenvalue weighted by Gasteiger charge is -2.33. The highest BCUT2D eigenvalue weighted by molar-refractivity contribution is 5.95. The second-order valence-corrected chi connectivity index (χ2v) is 6.21. The maximum atomic E-state index is 12.5. The van der Waals surface area contributed by atoms with Gasteiger partial charge in [0.2, 0.25) is 5.91 Å². The molecule has 0 saturated carbocycles. The molecule has 1 aromatic rings. The van der Waals surface area contributed by atoms with Crippen LogP contribution in [0.25, 0.3) is 0 Å². The third kappa shape index (κ3) is 5.14. The summed E-state index contributed by atoms with van der Waals surface area (Å²) in [6.07, 6.45) is 0. The van der Waals surface area contributed by atoms with Gasteiger partial charge in [-0.15, -0.1) is 0 Å². The summed E-state index contributed by atoms with van der Waals surface area (Å²) < 4.78 is 0. The molecule has 3 N–H and O–H groups in total. The Labute approximate surface area is 128 Å². The molecule has 1 atom stereocenters. The second kappa shape index (κ2) is 8.15. The summed E-state index contributed by atoms with van der Waals surface area (Å²) >= 11 is 0. The first-order valence-corrected chi connectivity index (χ1v) is 7.71. The van der Waals surface area contributed by atoms with Crippen molar-refractivity contribution in [2.45, 2.75) is 53.2 Å². The van der Waals surface area contributed by atoms with Crippen molar-refractivity contribution in [1.82, 2.24) is 4.90 Å². The van der Waals surface area contributed by atoms with Gasteiger partial charge in [0.15, 0.2) is 0 Å². The number of nitrogens with zero attached hydrogens (tertiary/aromatic N) is 1. The Morgan fingerprint density at radius 2 is 1.81 bits per heavy atom. The van der Waals surface area contributed by atoms with Gasteiger partial charge in [0.05, 0.1) is 6.04 Å². The van der Waals surface area contributed by atoms with Gasteiger partial charge < -0.3 is 11.1 Å². The van der Waals surface area contributed by atoms with Crippen molar-refractivity contribution in [1.29, 1.82) is 0 Å². The van der Waals surface area contributed by atoms with Crippen molar-refractivity contribution >= 4 is 11.6 Å². The van der Waals surface area contributed by atoms with Crippen LogP contribution in [0, 0.1) is 5.92 Å². The van der Waals surface area contributed by atoms with Crippen LogP contribution in [0.3, 0.4) is 0 Å². The fourth-order valence-electron chi connectivity index (χ4n) is 2.45. The first-order valence-electron chi connectivity index (χ1n) is 7.71. The molecule has 0 aliphatic heterocycles. The number of hydrogen-bond donors (Lipinski definition) is 2. The summed E-state index contributed by atoms with van der Waals surface area (Å²) in [6, 6.07) is 7.84. The maximum absolute atomic E-state index is 12.5. The molecular formula is C17H29N3O. The van der Waals surface area contributed by atoms with E-state index in [1.807, 2.05) is 31.2 Å². The molecule has 0 radical (unpaired) electrons. The highest BCUT2D eigenvalue weighted by Crippen LogP contribution is 2.16. The Morgan fingerprint density at radius 3 is 2.33 bits per heavy atom. The SMILES string of the molecule is CC(C)CN(C(C)C)C(C)C(=O)Nc1ccccc1CN. The van der Waals surface area contributed by atoms with Crippen molar-refractivity contribution in [2.24, 2.45) is 11.7 Å². The number of benzene rings is 1. The Hall–Kier alpha value is -1.39. The Morgan fingerprint density at radius 1 is 1.19 bits per heavy atom. The number of para-hydroxylation sites is 1. The molecule has 118 valence electrons. The molecule has 4 nitrogen and oxygen atoms in total. The Balaban J connectivity index is 2.81. The van der Waals surface area contributed by atoms with E-state index in [9.17, 15) is 4.79 Å². The molecule has 0 aliphatic rings. The summed E-state index contributed by atoms with van der Waals surface area (Å²) in [5, 5.41) is 3.01. The molecule has 0 aromatic heterocycles. The van der Waals surface area contributed by atoms with Crippen molar-refractivity contribution in [2.75, 3.05) is 11.9 Å². The lowest BCUT2D eigenvalue weighted by atomic mass is 10.1. The van der Waals surface area contributed by atoms with Gasteiger partial charge in [0.25, 0.3) is 0 Å². The first-order chi connectivity index (χ1) is 9.86. The Kier molecular flexibility index (Phi) is 6.85. The van der Waals surface area contributed by atoms with Crippen LogP contribution in [-0.2, 0) is 11.3 Å². The average Bonchev–Trinajstić information content (AvgIpc) is 2.44. The van der Waals surface area contributed by atoms with E-state index in [1.165, 1.54) is 0 Å². The summed E-state index contributed by atoms with van der Waals surface area (Å²) in [6.45, 7) is 11.9. The molecule has 1 amide bonds. The normalized spacial score (nSPS) is 13.0. The van der Waals surface area contributed by atoms with Crippen LogP contribution in [0.1, 0.15) is 40.2 Å². The van der Waals surface area contributed by atoms with E-state index in [4.69, 9.17) is 5.73 Å². The average molecular weight is 291 g/mol. The topological polar surface area (TPSA) is 58.4 Å². The number of rotatable bonds is 7. The van der Waals surface area contributed by atoms with Gasteiger partial charge in [0, 0.05) is 24.8 Å². The van der Waals surface area contributed by atoms with Gasteiger partial charge in [-0.3, -0.25) is 9.69 Å². The van der Waals surface area contributed by atoms with Crippen LogP contribution in [0.15, 0.2) is 24.3 Å². The van der Waals surface area contributed by atoms with Gasteiger partial charge in [-0.05, 0) is 38.3 Å². The van der Waals surface area contributed by atoms with Crippen LogP contribution in [-0.4, -0.2) is 29.4 Å². The number of carbonyl (C=O) groups excluding carboxylic acids is 1. The number of nitrogens with two attached hydrogens (primary N) is 1. The van der Waals surface area contributed by atoms with Gasteiger partial charge >= 0.3 is 0 Å². The summed E-state index contributed by atoms with van der Waals surface area (Å²) in [5.41, 5.74) is 7.48.